The Hall–Kier alpha value is -2.74. The highest BCUT2D eigenvalue weighted by Gasteiger charge is 2.30. The predicted molar refractivity (Wildman–Crippen MR) is 91.7 cm³/mol. The molecule has 1 saturated heterocycles. The second kappa shape index (κ2) is 7.65. The van der Waals surface area contributed by atoms with E-state index in [0.29, 0.717) is 18.8 Å². The predicted octanol–water partition coefficient (Wildman–Crippen LogP) is 4.16. The maximum absolute atomic E-state index is 12.7. The van der Waals surface area contributed by atoms with Gasteiger partial charge in [-0.15, -0.1) is 0 Å². The molecule has 1 aliphatic rings. The molecule has 0 amide bonds. The Morgan fingerprint density at radius 1 is 1.27 bits per heavy atom. The molecule has 0 aromatic heterocycles. The molecule has 0 radical (unpaired) electrons. The molecule has 6 nitrogen and oxygen atoms in total. The molecule has 1 aliphatic heterocycles. The summed E-state index contributed by atoms with van der Waals surface area (Å²) in [5.41, 5.74) is 1.08. The van der Waals surface area contributed by atoms with E-state index in [1.54, 1.807) is 6.07 Å². The standard InChI is InChI=1S/C18H18F2N2O4/c1-12-10-21(16(11-25-12)13-5-3-2-4-6-13)14-7-8-15(22(23)24)17(9-14)26-18(19)20/h2-9,12,16,18H,10-11H2,1H3. The number of ether oxygens (including phenoxy) is 2. The second-order valence-corrected chi connectivity index (χ2v) is 6.01. The summed E-state index contributed by atoms with van der Waals surface area (Å²) in [6.45, 7) is -0.285. The van der Waals surface area contributed by atoms with Crippen molar-refractivity contribution in [2.45, 2.75) is 25.7 Å². The number of rotatable bonds is 5. The first-order valence-electron chi connectivity index (χ1n) is 8.12. The molecule has 26 heavy (non-hydrogen) atoms. The normalized spacial score (nSPS) is 20.2. The van der Waals surface area contributed by atoms with E-state index < -0.39 is 23.0 Å². The molecule has 1 heterocycles. The smallest absolute Gasteiger partial charge is 0.387 e. The SMILES string of the molecule is CC1CN(c2ccc([N+](=O)[O-])c(OC(F)F)c2)C(c2ccccc2)CO1. The van der Waals surface area contributed by atoms with Crippen molar-refractivity contribution >= 4 is 11.4 Å². The fraction of sp³-hybridized carbons (Fsp3) is 0.333. The molecule has 2 unspecified atom stereocenters. The Kier molecular flexibility index (Phi) is 5.32. The minimum atomic E-state index is -3.14. The number of nitro groups is 1. The molecule has 0 aliphatic carbocycles. The lowest BCUT2D eigenvalue weighted by molar-refractivity contribution is -0.386. The third-order valence-electron chi connectivity index (χ3n) is 4.24. The average Bonchev–Trinajstić information content (AvgIpc) is 2.61. The molecule has 0 N–H and O–H groups in total. The van der Waals surface area contributed by atoms with Crippen LogP contribution in [0.25, 0.3) is 0 Å². The molecule has 1 fully saturated rings. The molecular weight excluding hydrogens is 346 g/mol. The van der Waals surface area contributed by atoms with Crippen molar-refractivity contribution in [2.24, 2.45) is 0 Å². The van der Waals surface area contributed by atoms with Crippen molar-refractivity contribution in [3.8, 4) is 5.75 Å². The molecule has 0 saturated carbocycles. The number of hydrogen-bond donors (Lipinski definition) is 0. The number of hydrogen-bond acceptors (Lipinski definition) is 5. The molecule has 8 heteroatoms. The quantitative estimate of drug-likeness (QED) is 0.589. The molecule has 2 aromatic carbocycles. The van der Waals surface area contributed by atoms with Crippen molar-refractivity contribution in [3.05, 3.63) is 64.2 Å². The van der Waals surface area contributed by atoms with Crippen LogP contribution in [0.5, 0.6) is 5.75 Å². The summed E-state index contributed by atoms with van der Waals surface area (Å²) < 4.78 is 35.5. The van der Waals surface area contributed by atoms with Crippen molar-refractivity contribution in [2.75, 3.05) is 18.1 Å². The molecule has 2 atom stereocenters. The Labute approximate surface area is 149 Å². The van der Waals surface area contributed by atoms with Gasteiger partial charge in [0.15, 0.2) is 0 Å². The zero-order chi connectivity index (χ0) is 18.7. The lowest BCUT2D eigenvalue weighted by atomic mass is 10.0. The van der Waals surface area contributed by atoms with Crippen LogP contribution in [0.4, 0.5) is 20.2 Å². The van der Waals surface area contributed by atoms with Crippen molar-refractivity contribution in [3.63, 3.8) is 0 Å². The summed E-state index contributed by atoms with van der Waals surface area (Å²) in [4.78, 5) is 12.3. The van der Waals surface area contributed by atoms with Crippen LogP contribution in [0, 0.1) is 10.1 Å². The van der Waals surface area contributed by atoms with E-state index in [4.69, 9.17) is 4.74 Å². The van der Waals surface area contributed by atoms with Crippen LogP contribution in [-0.4, -0.2) is 30.8 Å². The van der Waals surface area contributed by atoms with E-state index in [-0.39, 0.29) is 12.1 Å². The molecule has 0 spiro atoms. The molecule has 0 bridgehead atoms. The van der Waals surface area contributed by atoms with Gasteiger partial charge in [0.1, 0.15) is 0 Å². The monoisotopic (exact) mass is 364 g/mol. The number of benzene rings is 2. The molecular formula is C18H18F2N2O4. The van der Waals surface area contributed by atoms with Gasteiger partial charge in [0.2, 0.25) is 5.75 Å². The van der Waals surface area contributed by atoms with E-state index in [2.05, 4.69) is 4.74 Å². The van der Waals surface area contributed by atoms with Crippen LogP contribution >= 0.6 is 0 Å². The van der Waals surface area contributed by atoms with Gasteiger partial charge in [0.25, 0.3) is 0 Å². The van der Waals surface area contributed by atoms with Gasteiger partial charge in [-0.05, 0) is 18.6 Å². The van der Waals surface area contributed by atoms with E-state index in [1.807, 2.05) is 42.2 Å². The minimum Gasteiger partial charge on any atom is -0.427 e. The molecule has 3 rings (SSSR count). The number of nitro benzene ring substituents is 1. The summed E-state index contributed by atoms with van der Waals surface area (Å²) in [7, 11) is 0. The lowest BCUT2D eigenvalue weighted by Crippen LogP contribution is -2.43. The first-order valence-corrected chi connectivity index (χ1v) is 8.12. The van der Waals surface area contributed by atoms with Gasteiger partial charge in [-0.1, -0.05) is 30.3 Å². The summed E-state index contributed by atoms with van der Waals surface area (Å²) in [5.74, 6) is -0.451. The van der Waals surface area contributed by atoms with Gasteiger partial charge in [-0.3, -0.25) is 10.1 Å². The number of morpholine rings is 1. The van der Waals surface area contributed by atoms with Gasteiger partial charge in [0.05, 0.1) is 23.7 Å². The largest absolute Gasteiger partial charge is 0.427 e. The van der Waals surface area contributed by atoms with Crippen LogP contribution in [0.3, 0.4) is 0 Å². The fourth-order valence-electron chi connectivity index (χ4n) is 3.06. The highest BCUT2D eigenvalue weighted by atomic mass is 19.3. The van der Waals surface area contributed by atoms with E-state index in [9.17, 15) is 18.9 Å². The fourth-order valence-corrected chi connectivity index (χ4v) is 3.06. The zero-order valence-corrected chi connectivity index (χ0v) is 14.0. The van der Waals surface area contributed by atoms with E-state index >= 15 is 0 Å². The maximum Gasteiger partial charge on any atom is 0.387 e. The number of nitrogens with zero attached hydrogens (tertiary/aromatic N) is 2. The Morgan fingerprint density at radius 3 is 2.65 bits per heavy atom. The summed E-state index contributed by atoms with van der Waals surface area (Å²) in [5, 5.41) is 11.1. The van der Waals surface area contributed by atoms with Crippen molar-refractivity contribution in [1.82, 2.24) is 0 Å². The average molecular weight is 364 g/mol. The first-order chi connectivity index (χ1) is 12.5. The van der Waals surface area contributed by atoms with Gasteiger partial charge in [0, 0.05) is 24.4 Å². The van der Waals surface area contributed by atoms with Crippen LogP contribution in [0.2, 0.25) is 0 Å². The maximum atomic E-state index is 12.7. The van der Waals surface area contributed by atoms with Gasteiger partial charge in [-0.2, -0.15) is 8.78 Å². The molecule has 138 valence electrons. The lowest BCUT2D eigenvalue weighted by Gasteiger charge is -2.40. The van der Waals surface area contributed by atoms with Crippen LogP contribution in [0.1, 0.15) is 18.5 Å². The number of alkyl halides is 2. The van der Waals surface area contributed by atoms with Gasteiger partial charge >= 0.3 is 12.3 Å². The summed E-state index contributed by atoms with van der Waals surface area (Å²) in [6, 6.07) is 13.5. The highest BCUT2D eigenvalue weighted by Crippen LogP contribution is 2.37. The highest BCUT2D eigenvalue weighted by molar-refractivity contribution is 5.60. The van der Waals surface area contributed by atoms with Gasteiger partial charge in [-0.25, -0.2) is 0 Å². The third-order valence-corrected chi connectivity index (χ3v) is 4.24. The van der Waals surface area contributed by atoms with Crippen LogP contribution in [-0.2, 0) is 4.74 Å². The Bertz CT molecular complexity index is 773. The van der Waals surface area contributed by atoms with Crippen molar-refractivity contribution < 1.29 is 23.2 Å². The zero-order valence-electron chi connectivity index (χ0n) is 14.0. The van der Waals surface area contributed by atoms with Crippen LogP contribution in [0.15, 0.2) is 48.5 Å². The summed E-state index contributed by atoms with van der Waals surface area (Å²) >= 11 is 0. The molecule has 2 aromatic rings. The Morgan fingerprint density at radius 2 is 2.00 bits per heavy atom. The van der Waals surface area contributed by atoms with E-state index in [0.717, 1.165) is 5.56 Å². The van der Waals surface area contributed by atoms with Gasteiger partial charge < -0.3 is 14.4 Å². The topological polar surface area (TPSA) is 64.8 Å². The van der Waals surface area contributed by atoms with Crippen molar-refractivity contribution in [1.29, 1.82) is 0 Å². The van der Waals surface area contributed by atoms with E-state index in [1.165, 1.54) is 12.1 Å². The first kappa shape index (κ1) is 18.1. The van der Waals surface area contributed by atoms with Crippen LogP contribution < -0.4 is 9.64 Å². The third kappa shape index (κ3) is 3.91. The second-order valence-electron chi connectivity index (χ2n) is 6.01. The number of halogens is 2. The Balaban J connectivity index is 1.99. The number of anilines is 1. The minimum absolute atomic E-state index is 0.0652. The summed E-state index contributed by atoms with van der Waals surface area (Å²) in [6.07, 6.45) is -0.0652.